The Morgan fingerprint density at radius 3 is 2.82 bits per heavy atom. The number of aromatic nitrogens is 1. The molecule has 0 aliphatic carbocycles. The molecule has 1 atom stereocenters. The van der Waals surface area contributed by atoms with Crippen LogP contribution >= 0.6 is 0 Å². The van der Waals surface area contributed by atoms with Crippen LogP contribution in [0.2, 0.25) is 0 Å². The first-order valence-electron chi connectivity index (χ1n) is 8.21. The predicted octanol–water partition coefficient (Wildman–Crippen LogP) is 2.51. The molecule has 4 nitrogen and oxygen atoms in total. The van der Waals surface area contributed by atoms with Crippen LogP contribution in [0.5, 0.6) is 0 Å². The van der Waals surface area contributed by atoms with Gasteiger partial charge in [-0.05, 0) is 31.7 Å². The van der Waals surface area contributed by atoms with Crippen LogP contribution in [0.4, 0.5) is 4.39 Å². The number of nitrogens with zero attached hydrogens (tertiary/aromatic N) is 2. The van der Waals surface area contributed by atoms with E-state index in [1.54, 1.807) is 12.3 Å². The molecule has 0 amide bonds. The Morgan fingerprint density at radius 2 is 2.14 bits per heavy atom. The Bertz CT molecular complexity index is 517. The smallest absolute Gasteiger partial charge is 0.145 e. The summed E-state index contributed by atoms with van der Waals surface area (Å²) in [6, 6.07) is 1.74. The summed E-state index contributed by atoms with van der Waals surface area (Å²) in [7, 11) is 0. The number of rotatable bonds is 3. The summed E-state index contributed by atoms with van der Waals surface area (Å²) in [4.78, 5) is 6.05. The zero-order valence-corrected chi connectivity index (χ0v) is 13.2. The van der Waals surface area contributed by atoms with E-state index in [2.05, 4.69) is 9.88 Å². The summed E-state index contributed by atoms with van der Waals surface area (Å²) >= 11 is 0. The topological polar surface area (TPSA) is 45.6 Å². The molecular weight excluding hydrogens is 283 g/mol. The second kappa shape index (κ2) is 6.22. The maximum atomic E-state index is 13.7. The lowest BCUT2D eigenvalue weighted by Crippen LogP contribution is -2.54. The average Bonchev–Trinajstić information content (AvgIpc) is 2.52. The molecule has 5 heteroatoms. The van der Waals surface area contributed by atoms with E-state index in [1.807, 2.05) is 6.92 Å². The molecule has 2 aliphatic heterocycles. The second-order valence-corrected chi connectivity index (χ2v) is 6.78. The van der Waals surface area contributed by atoms with Crippen LogP contribution in [0.25, 0.3) is 0 Å². The highest BCUT2D eigenvalue weighted by molar-refractivity contribution is 5.12. The van der Waals surface area contributed by atoms with Gasteiger partial charge >= 0.3 is 0 Å². The van der Waals surface area contributed by atoms with Gasteiger partial charge in [0.15, 0.2) is 0 Å². The lowest BCUT2D eigenvalue weighted by molar-refractivity contribution is -0.179. The molecule has 1 aromatic rings. The molecule has 1 unspecified atom stereocenters. The Morgan fingerprint density at radius 1 is 1.36 bits per heavy atom. The van der Waals surface area contributed by atoms with Gasteiger partial charge in [-0.3, -0.25) is 9.88 Å². The van der Waals surface area contributed by atoms with Crippen LogP contribution in [0, 0.1) is 5.82 Å². The molecule has 0 bridgehead atoms. The minimum Gasteiger partial charge on any atom is -0.390 e. The molecule has 1 N–H and O–H groups in total. The van der Waals surface area contributed by atoms with Crippen molar-refractivity contribution >= 4 is 0 Å². The monoisotopic (exact) mass is 308 g/mol. The van der Waals surface area contributed by atoms with Crippen molar-refractivity contribution in [3.8, 4) is 0 Å². The molecule has 122 valence electrons. The molecule has 0 saturated carbocycles. The molecule has 0 aromatic carbocycles. The maximum absolute atomic E-state index is 13.7. The van der Waals surface area contributed by atoms with E-state index in [4.69, 9.17) is 4.74 Å². The van der Waals surface area contributed by atoms with Gasteiger partial charge in [0.2, 0.25) is 0 Å². The van der Waals surface area contributed by atoms with E-state index >= 15 is 0 Å². The summed E-state index contributed by atoms with van der Waals surface area (Å²) in [5.74, 6) is -0.239. The first-order valence-corrected chi connectivity index (χ1v) is 8.21. The molecule has 2 fully saturated rings. The van der Waals surface area contributed by atoms with Gasteiger partial charge in [0.1, 0.15) is 5.82 Å². The van der Waals surface area contributed by atoms with Gasteiger partial charge in [-0.15, -0.1) is 0 Å². The molecule has 1 aromatic heterocycles. The average molecular weight is 308 g/mol. The molecule has 22 heavy (non-hydrogen) atoms. The van der Waals surface area contributed by atoms with Crippen molar-refractivity contribution in [3.63, 3.8) is 0 Å². The third-order valence-corrected chi connectivity index (χ3v) is 5.30. The summed E-state index contributed by atoms with van der Waals surface area (Å²) in [5.41, 5.74) is -0.0610. The number of ether oxygens (including phenoxy) is 1. The largest absolute Gasteiger partial charge is 0.390 e. The Kier molecular flexibility index (Phi) is 4.48. The predicted molar refractivity (Wildman–Crippen MR) is 81.9 cm³/mol. The van der Waals surface area contributed by atoms with Gasteiger partial charge in [0.05, 0.1) is 24.0 Å². The van der Waals surface area contributed by atoms with E-state index in [0.717, 1.165) is 45.2 Å². The summed E-state index contributed by atoms with van der Waals surface area (Å²) in [6.07, 6.45) is 6.96. The van der Waals surface area contributed by atoms with Crippen molar-refractivity contribution in [2.24, 2.45) is 0 Å². The molecular formula is C17H25FN2O2. The number of hydrogen-bond donors (Lipinski definition) is 1. The van der Waals surface area contributed by atoms with Crippen LogP contribution in [0.15, 0.2) is 18.5 Å². The Hall–Kier alpha value is -1.04. The fourth-order valence-corrected chi connectivity index (χ4v) is 3.71. The minimum absolute atomic E-state index is 0.184. The van der Waals surface area contributed by atoms with Crippen LogP contribution in [0.1, 0.15) is 44.6 Å². The SMILES string of the molecule is CCC1(O)CCOC2(CCN(Cc3ccncc3F)CC2)C1. The quantitative estimate of drug-likeness (QED) is 0.932. The van der Waals surface area contributed by atoms with E-state index < -0.39 is 5.60 Å². The molecule has 2 saturated heterocycles. The second-order valence-electron chi connectivity index (χ2n) is 6.78. The van der Waals surface area contributed by atoms with Gasteiger partial charge in [0, 0.05) is 37.8 Å². The molecule has 2 aliphatic rings. The summed E-state index contributed by atoms with van der Waals surface area (Å²) in [6.45, 7) is 5.05. The molecule has 1 spiro atoms. The van der Waals surface area contributed by atoms with Crippen LogP contribution in [0.3, 0.4) is 0 Å². The fraction of sp³-hybridized carbons (Fsp3) is 0.706. The van der Waals surface area contributed by atoms with Gasteiger partial charge in [-0.25, -0.2) is 4.39 Å². The van der Waals surface area contributed by atoms with Crippen LogP contribution in [-0.4, -0.2) is 45.9 Å². The lowest BCUT2D eigenvalue weighted by Gasteiger charge is -2.49. The van der Waals surface area contributed by atoms with Gasteiger partial charge < -0.3 is 9.84 Å². The fourth-order valence-electron chi connectivity index (χ4n) is 3.71. The van der Waals surface area contributed by atoms with Crippen molar-refractivity contribution in [1.82, 2.24) is 9.88 Å². The van der Waals surface area contributed by atoms with E-state index in [-0.39, 0.29) is 11.4 Å². The number of aliphatic hydroxyl groups is 1. The standard InChI is InChI=1S/C17H25FN2O2/c1-2-16(21)6-10-22-17(13-16)4-8-20(9-5-17)12-14-3-7-19-11-15(14)18/h3,7,11,21H,2,4-6,8-10,12-13H2,1H3. The third-order valence-electron chi connectivity index (χ3n) is 5.30. The van der Waals surface area contributed by atoms with Crippen molar-refractivity contribution in [2.45, 2.75) is 56.8 Å². The zero-order valence-electron chi connectivity index (χ0n) is 13.2. The third kappa shape index (κ3) is 3.31. The lowest BCUT2D eigenvalue weighted by atomic mass is 9.76. The molecule has 3 heterocycles. The number of piperidine rings is 1. The molecule has 3 rings (SSSR count). The van der Waals surface area contributed by atoms with Gasteiger partial charge in [0.25, 0.3) is 0 Å². The van der Waals surface area contributed by atoms with Crippen LogP contribution < -0.4 is 0 Å². The van der Waals surface area contributed by atoms with Gasteiger partial charge in [-0.1, -0.05) is 6.92 Å². The Labute approximate surface area is 131 Å². The van der Waals surface area contributed by atoms with Crippen molar-refractivity contribution in [3.05, 3.63) is 29.8 Å². The zero-order chi connectivity index (χ0) is 15.6. The highest BCUT2D eigenvalue weighted by Gasteiger charge is 2.45. The van der Waals surface area contributed by atoms with E-state index in [9.17, 15) is 9.50 Å². The van der Waals surface area contributed by atoms with Gasteiger partial charge in [-0.2, -0.15) is 0 Å². The maximum Gasteiger partial charge on any atom is 0.145 e. The Balaban J connectivity index is 1.59. The van der Waals surface area contributed by atoms with Crippen molar-refractivity contribution < 1.29 is 14.2 Å². The van der Waals surface area contributed by atoms with E-state index in [1.165, 1.54) is 6.20 Å². The summed E-state index contributed by atoms with van der Waals surface area (Å²) < 4.78 is 19.7. The number of pyridine rings is 1. The number of halogens is 1. The summed E-state index contributed by atoms with van der Waals surface area (Å²) in [5, 5.41) is 10.6. The first-order chi connectivity index (χ1) is 10.5. The number of likely N-dealkylation sites (tertiary alicyclic amines) is 1. The highest BCUT2D eigenvalue weighted by atomic mass is 19.1. The normalized spacial score (nSPS) is 28.9. The molecule has 0 radical (unpaired) electrons. The first kappa shape index (κ1) is 15.8. The van der Waals surface area contributed by atoms with Crippen LogP contribution in [-0.2, 0) is 11.3 Å². The van der Waals surface area contributed by atoms with E-state index in [0.29, 0.717) is 18.7 Å². The minimum atomic E-state index is -0.572. The number of hydrogen-bond acceptors (Lipinski definition) is 4. The van der Waals surface area contributed by atoms with Crippen molar-refractivity contribution in [1.29, 1.82) is 0 Å². The highest BCUT2D eigenvalue weighted by Crippen LogP contribution is 2.41. The van der Waals surface area contributed by atoms with Crippen molar-refractivity contribution in [2.75, 3.05) is 19.7 Å².